The molecule has 1 heterocycles. The average Bonchev–Trinajstić information content (AvgIpc) is 1.99. The number of carbonyl (C=O) groups is 1. The lowest BCUT2D eigenvalue weighted by Gasteiger charge is -2.32. The Morgan fingerprint density at radius 3 is 2.60 bits per heavy atom. The van der Waals surface area contributed by atoms with Crippen molar-refractivity contribution in [2.75, 3.05) is 0 Å². The minimum Gasteiger partial charge on any atom is -0.443 e. The van der Waals surface area contributed by atoms with Crippen LogP contribution in [0.3, 0.4) is 0 Å². The first kappa shape index (κ1) is 11.8. The number of ether oxygens (including phenoxy) is 1. The molecule has 4 heteroatoms. The van der Waals surface area contributed by atoms with Gasteiger partial charge in [-0.1, -0.05) is 6.08 Å². The van der Waals surface area contributed by atoms with Crippen LogP contribution in [-0.2, 0) is 4.74 Å². The molecule has 0 aromatic carbocycles. The molecule has 1 atom stereocenters. The van der Waals surface area contributed by atoms with E-state index in [1.54, 1.807) is 6.08 Å². The van der Waals surface area contributed by atoms with E-state index in [0.717, 1.165) is 5.70 Å². The van der Waals surface area contributed by atoms with Gasteiger partial charge in [0.15, 0.2) is 0 Å². The van der Waals surface area contributed by atoms with E-state index in [1.807, 2.05) is 39.8 Å². The molecule has 2 N–H and O–H groups in total. The van der Waals surface area contributed by atoms with Gasteiger partial charge in [-0.3, -0.25) is 4.90 Å². The molecule has 0 saturated heterocycles. The summed E-state index contributed by atoms with van der Waals surface area (Å²) in [4.78, 5) is 13.2. The number of allylic oxidation sites excluding steroid dienone is 3. The molecule has 0 bridgehead atoms. The van der Waals surface area contributed by atoms with Gasteiger partial charge in [0.2, 0.25) is 0 Å². The Morgan fingerprint density at radius 2 is 2.13 bits per heavy atom. The summed E-state index contributed by atoms with van der Waals surface area (Å²) < 4.78 is 5.25. The predicted octanol–water partition coefficient (Wildman–Crippen LogP) is 1.98. The molecule has 1 unspecified atom stereocenters. The van der Waals surface area contributed by atoms with Crippen LogP contribution >= 0.6 is 0 Å². The standard InChI is InChI=1S/C11H18N2O2/c1-8-6-5-7-9(12)13(8)10(14)15-11(2,3)4/h5-7,9H,12H2,1-4H3. The second kappa shape index (κ2) is 4.06. The van der Waals surface area contributed by atoms with Crippen molar-refractivity contribution in [1.29, 1.82) is 0 Å². The minimum atomic E-state index is -0.502. The zero-order valence-electron chi connectivity index (χ0n) is 9.65. The number of hydrogen-bond donors (Lipinski definition) is 1. The quantitative estimate of drug-likeness (QED) is 0.665. The zero-order valence-corrected chi connectivity index (χ0v) is 9.65. The maximum absolute atomic E-state index is 11.8. The third-order valence-corrected chi connectivity index (χ3v) is 1.91. The molecular formula is C11H18N2O2. The van der Waals surface area contributed by atoms with Crippen molar-refractivity contribution in [3.8, 4) is 0 Å². The first-order valence-electron chi connectivity index (χ1n) is 4.94. The van der Waals surface area contributed by atoms with Crippen molar-refractivity contribution in [3.05, 3.63) is 23.9 Å². The molecule has 15 heavy (non-hydrogen) atoms. The van der Waals surface area contributed by atoms with Gasteiger partial charge in [0, 0.05) is 5.70 Å². The summed E-state index contributed by atoms with van der Waals surface area (Å²) in [6.45, 7) is 7.31. The van der Waals surface area contributed by atoms with Gasteiger partial charge >= 0.3 is 6.09 Å². The number of hydrogen-bond acceptors (Lipinski definition) is 3. The van der Waals surface area contributed by atoms with E-state index in [2.05, 4.69) is 0 Å². The minimum absolute atomic E-state index is 0.409. The van der Waals surface area contributed by atoms with Gasteiger partial charge in [-0.05, 0) is 39.8 Å². The Bertz CT molecular complexity index is 313. The summed E-state index contributed by atoms with van der Waals surface area (Å²) >= 11 is 0. The monoisotopic (exact) mass is 210 g/mol. The second-order valence-electron chi connectivity index (χ2n) is 4.53. The van der Waals surface area contributed by atoms with Crippen molar-refractivity contribution in [3.63, 3.8) is 0 Å². The summed E-state index contributed by atoms with van der Waals surface area (Å²) in [5, 5.41) is 0. The molecule has 0 spiro atoms. The summed E-state index contributed by atoms with van der Waals surface area (Å²) in [7, 11) is 0. The molecule has 1 rings (SSSR count). The van der Waals surface area contributed by atoms with Gasteiger partial charge < -0.3 is 10.5 Å². The highest BCUT2D eigenvalue weighted by Crippen LogP contribution is 2.17. The van der Waals surface area contributed by atoms with E-state index < -0.39 is 17.9 Å². The van der Waals surface area contributed by atoms with Crippen LogP contribution in [-0.4, -0.2) is 22.8 Å². The zero-order chi connectivity index (χ0) is 11.6. The van der Waals surface area contributed by atoms with E-state index in [9.17, 15) is 4.79 Å². The molecule has 84 valence electrons. The molecule has 0 aromatic heterocycles. The van der Waals surface area contributed by atoms with Gasteiger partial charge in [-0.2, -0.15) is 0 Å². The number of nitrogens with two attached hydrogens (primary N) is 1. The van der Waals surface area contributed by atoms with Gasteiger partial charge in [-0.15, -0.1) is 0 Å². The van der Waals surface area contributed by atoms with Crippen LogP contribution in [0.25, 0.3) is 0 Å². The van der Waals surface area contributed by atoms with Crippen LogP contribution in [0.4, 0.5) is 4.79 Å². The Balaban J connectivity index is 2.76. The summed E-state index contributed by atoms with van der Waals surface area (Å²) in [5.74, 6) is 0. The average molecular weight is 210 g/mol. The fraction of sp³-hybridized carbons (Fsp3) is 0.545. The third-order valence-electron chi connectivity index (χ3n) is 1.91. The number of carbonyl (C=O) groups excluding carboxylic acids is 1. The van der Waals surface area contributed by atoms with E-state index in [0.29, 0.717) is 0 Å². The molecule has 4 nitrogen and oxygen atoms in total. The van der Waals surface area contributed by atoms with Gasteiger partial charge in [0.05, 0.1) is 0 Å². The Kier molecular flexibility index (Phi) is 3.19. The van der Waals surface area contributed by atoms with Crippen LogP contribution in [0.1, 0.15) is 27.7 Å². The highest BCUT2D eigenvalue weighted by Gasteiger charge is 2.27. The topological polar surface area (TPSA) is 55.6 Å². The molecule has 0 aromatic rings. The molecule has 0 aliphatic carbocycles. The molecule has 1 amide bonds. The van der Waals surface area contributed by atoms with Crippen molar-refractivity contribution >= 4 is 6.09 Å². The molecule has 1 aliphatic heterocycles. The maximum Gasteiger partial charge on any atom is 0.416 e. The van der Waals surface area contributed by atoms with Crippen molar-refractivity contribution in [2.24, 2.45) is 5.73 Å². The lowest BCUT2D eigenvalue weighted by atomic mass is 10.2. The predicted molar refractivity (Wildman–Crippen MR) is 58.9 cm³/mol. The summed E-state index contributed by atoms with van der Waals surface area (Å²) in [6, 6.07) is 0. The normalized spacial score (nSPS) is 21.3. The van der Waals surface area contributed by atoms with Gasteiger partial charge in [0.1, 0.15) is 11.8 Å². The maximum atomic E-state index is 11.8. The Labute approximate surface area is 90.4 Å². The second-order valence-corrected chi connectivity index (χ2v) is 4.53. The first-order chi connectivity index (χ1) is 6.81. The van der Waals surface area contributed by atoms with E-state index in [4.69, 9.17) is 10.5 Å². The fourth-order valence-corrected chi connectivity index (χ4v) is 1.29. The first-order valence-corrected chi connectivity index (χ1v) is 4.94. The SMILES string of the molecule is CC1=CC=CC(N)N1C(=O)OC(C)(C)C. The van der Waals surface area contributed by atoms with Crippen LogP contribution in [0.5, 0.6) is 0 Å². The van der Waals surface area contributed by atoms with Crippen molar-refractivity contribution in [1.82, 2.24) is 4.90 Å². The Morgan fingerprint density at radius 1 is 1.53 bits per heavy atom. The molecule has 1 aliphatic rings. The van der Waals surface area contributed by atoms with Gasteiger partial charge in [0.25, 0.3) is 0 Å². The molecular weight excluding hydrogens is 192 g/mol. The van der Waals surface area contributed by atoms with E-state index in [1.165, 1.54) is 4.90 Å². The largest absolute Gasteiger partial charge is 0.443 e. The lowest BCUT2D eigenvalue weighted by molar-refractivity contribution is 0.0274. The van der Waals surface area contributed by atoms with Crippen LogP contribution in [0.15, 0.2) is 23.9 Å². The fourth-order valence-electron chi connectivity index (χ4n) is 1.29. The van der Waals surface area contributed by atoms with Gasteiger partial charge in [-0.25, -0.2) is 4.79 Å². The molecule has 0 saturated carbocycles. The molecule has 0 fully saturated rings. The summed E-state index contributed by atoms with van der Waals surface area (Å²) in [5.41, 5.74) is 6.08. The van der Waals surface area contributed by atoms with Crippen LogP contribution in [0, 0.1) is 0 Å². The number of rotatable bonds is 0. The lowest BCUT2D eigenvalue weighted by Crippen LogP contribution is -2.46. The van der Waals surface area contributed by atoms with Crippen molar-refractivity contribution < 1.29 is 9.53 Å². The van der Waals surface area contributed by atoms with E-state index in [-0.39, 0.29) is 0 Å². The number of nitrogens with zero attached hydrogens (tertiary/aromatic N) is 1. The van der Waals surface area contributed by atoms with Crippen LogP contribution < -0.4 is 5.73 Å². The third kappa shape index (κ3) is 3.09. The van der Waals surface area contributed by atoms with E-state index >= 15 is 0 Å². The highest BCUT2D eigenvalue weighted by atomic mass is 16.6. The summed E-state index contributed by atoms with van der Waals surface area (Å²) in [6.07, 6.45) is 4.56. The Hall–Kier alpha value is -1.29. The molecule has 0 radical (unpaired) electrons. The highest BCUT2D eigenvalue weighted by molar-refractivity contribution is 5.71. The van der Waals surface area contributed by atoms with Crippen molar-refractivity contribution in [2.45, 2.75) is 39.5 Å². The smallest absolute Gasteiger partial charge is 0.416 e. The van der Waals surface area contributed by atoms with Crippen LogP contribution in [0.2, 0.25) is 0 Å². The number of amides is 1.